The van der Waals surface area contributed by atoms with Crippen LogP contribution in [0.5, 0.6) is 5.75 Å². The number of aliphatic imine (C=N–C) groups is 1. The zero-order chi connectivity index (χ0) is 20.3. The van der Waals surface area contributed by atoms with E-state index in [4.69, 9.17) is 9.47 Å². The van der Waals surface area contributed by atoms with E-state index in [0.29, 0.717) is 19.6 Å². The van der Waals surface area contributed by atoms with Crippen LogP contribution in [-0.2, 0) is 11.2 Å². The lowest BCUT2D eigenvalue weighted by Crippen LogP contribution is -2.57. The minimum absolute atomic E-state index is 0.220. The van der Waals surface area contributed by atoms with E-state index in [0.717, 1.165) is 31.2 Å². The molecule has 28 heavy (non-hydrogen) atoms. The van der Waals surface area contributed by atoms with Crippen LogP contribution in [-0.4, -0.2) is 73.3 Å². The predicted octanol–water partition coefficient (Wildman–Crippen LogP) is 2.43. The van der Waals surface area contributed by atoms with Crippen LogP contribution in [0.3, 0.4) is 0 Å². The Bertz CT molecular complexity index is 742. The average Bonchev–Trinajstić information content (AvgIpc) is 3.03. The van der Waals surface area contributed by atoms with Crippen LogP contribution in [0, 0.1) is 6.92 Å². The van der Waals surface area contributed by atoms with Crippen LogP contribution >= 0.6 is 0 Å². The summed E-state index contributed by atoms with van der Waals surface area (Å²) < 4.78 is 11.0. The Morgan fingerprint density at radius 3 is 2.82 bits per heavy atom. The van der Waals surface area contributed by atoms with Crippen molar-refractivity contribution in [1.29, 1.82) is 0 Å². The van der Waals surface area contributed by atoms with Crippen LogP contribution in [0.2, 0.25) is 0 Å². The summed E-state index contributed by atoms with van der Waals surface area (Å²) in [5.41, 5.74) is 1.96. The van der Waals surface area contributed by atoms with Crippen molar-refractivity contribution in [2.75, 3.05) is 39.8 Å². The summed E-state index contributed by atoms with van der Waals surface area (Å²) in [5.74, 6) is 1.85. The molecule has 0 saturated carbocycles. The maximum Gasteiger partial charge on any atom is 0.410 e. The first-order valence-corrected chi connectivity index (χ1v) is 9.93. The molecule has 2 aliphatic rings. The number of amides is 1. The van der Waals surface area contributed by atoms with Crippen molar-refractivity contribution < 1.29 is 14.3 Å². The van der Waals surface area contributed by atoms with Gasteiger partial charge < -0.3 is 24.6 Å². The molecule has 1 atom stereocenters. The van der Waals surface area contributed by atoms with Crippen LogP contribution in [0.25, 0.3) is 0 Å². The van der Waals surface area contributed by atoms with Gasteiger partial charge in [0.2, 0.25) is 0 Å². The number of guanidine groups is 1. The van der Waals surface area contributed by atoms with Gasteiger partial charge in [0, 0.05) is 26.2 Å². The van der Waals surface area contributed by atoms with Crippen molar-refractivity contribution in [3.05, 3.63) is 29.3 Å². The molecule has 1 aromatic rings. The largest absolute Gasteiger partial charge is 0.496 e. The molecule has 1 saturated heterocycles. The van der Waals surface area contributed by atoms with E-state index in [9.17, 15) is 4.79 Å². The fraction of sp³-hybridized carbons (Fsp3) is 0.619. The smallest absolute Gasteiger partial charge is 0.410 e. The maximum atomic E-state index is 12.3. The molecule has 1 aromatic carbocycles. The Hall–Kier alpha value is -2.44. The Kier molecular flexibility index (Phi) is 6.01. The first kappa shape index (κ1) is 20.3. The van der Waals surface area contributed by atoms with Gasteiger partial charge in [0.15, 0.2) is 5.96 Å². The summed E-state index contributed by atoms with van der Waals surface area (Å²) in [6, 6.07) is 6.46. The van der Waals surface area contributed by atoms with E-state index in [-0.39, 0.29) is 12.1 Å². The Labute approximate surface area is 167 Å². The molecule has 0 radical (unpaired) electrons. The third kappa shape index (κ3) is 4.88. The number of piperazine rings is 1. The van der Waals surface area contributed by atoms with Crippen LogP contribution in [0.4, 0.5) is 4.79 Å². The molecule has 0 aromatic heterocycles. The van der Waals surface area contributed by atoms with Gasteiger partial charge in [-0.3, -0.25) is 4.99 Å². The van der Waals surface area contributed by atoms with Crippen molar-refractivity contribution in [3.8, 4) is 5.75 Å². The SMILES string of the molecule is COc1ccc(C)cc1CCNC1=NCC2CN(C(=O)OC(C)(C)C)CCN12. The highest BCUT2D eigenvalue weighted by molar-refractivity contribution is 5.82. The van der Waals surface area contributed by atoms with Crippen LogP contribution in [0.1, 0.15) is 31.9 Å². The molecule has 154 valence electrons. The van der Waals surface area contributed by atoms with Crippen LogP contribution in [0.15, 0.2) is 23.2 Å². The molecule has 0 spiro atoms. The number of nitrogens with zero attached hydrogens (tertiary/aromatic N) is 3. The fourth-order valence-electron chi connectivity index (χ4n) is 3.63. The highest BCUT2D eigenvalue weighted by Crippen LogP contribution is 2.21. The highest BCUT2D eigenvalue weighted by atomic mass is 16.6. The molecule has 0 aliphatic carbocycles. The number of rotatable bonds is 4. The van der Waals surface area contributed by atoms with Crippen LogP contribution < -0.4 is 10.1 Å². The van der Waals surface area contributed by atoms with Crippen molar-refractivity contribution in [2.45, 2.75) is 45.8 Å². The minimum atomic E-state index is -0.468. The zero-order valence-corrected chi connectivity index (χ0v) is 17.6. The van der Waals surface area contributed by atoms with E-state index >= 15 is 0 Å². The van der Waals surface area contributed by atoms with E-state index in [1.807, 2.05) is 26.8 Å². The molecule has 1 amide bonds. The number of hydrogen-bond acceptors (Lipinski definition) is 6. The first-order valence-electron chi connectivity index (χ1n) is 9.93. The maximum absolute atomic E-state index is 12.3. The van der Waals surface area contributed by atoms with Gasteiger partial charge in [-0.05, 0) is 45.7 Å². The molecule has 3 rings (SSSR count). The summed E-state index contributed by atoms with van der Waals surface area (Å²) in [6.07, 6.45) is 0.631. The highest BCUT2D eigenvalue weighted by Gasteiger charge is 2.36. The van der Waals surface area contributed by atoms with Gasteiger partial charge >= 0.3 is 6.09 Å². The summed E-state index contributed by atoms with van der Waals surface area (Å²) in [7, 11) is 1.71. The number of benzene rings is 1. The lowest BCUT2D eigenvalue weighted by molar-refractivity contribution is 0.0137. The third-order valence-corrected chi connectivity index (χ3v) is 4.97. The Morgan fingerprint density at radius 1 is 1.32 bits per heavy atom. The Morgan fingerprint density at radius 2 is 2.11 bits per heavy atom. The standard InChI is InChI=1S/C21H32N4O3/c1-15-6-7-18(27-5)16(12-15)8-9-22-19-23-13-17-14-24(10-11-25(17)19)20(26)28-21(2,3)4/h6-7,12,17H,8-11,13-14H2,1-5H3,(H,22,23). The molecule has 1 unspecified atom stereocenters. The van der Waals surface area contributed by atoms with E-state index < -0.39 is 5.60 Å². The molecule has 7 heteroatoms. The monoisotopic (exact) mass is 388 g/mol. The summed E-state index contributed by atoms with van der Waals surface area (Å²) in [4.78, 5) is 21.0. The Balaban J connectivity index is 1.50. The summed E-state index contributed by atoms with van der Waals surface area (Å²) >= 11 is 0. The van der Waals surface area contributed by atoms with Crippen molar-refractivity contribution in [3.63, 3.8) is 0 Å². The molecule has 1 N–H and O–H groups in total. The molecule has 7 nitrogen and oxygen atoms in total. The van der Waals surface area contributed by atoms with Gasteiger partial charge in [0.1, 0.15) is 11.4 Å². The van der Waals surface area contributed by atoms with E-state index in [1.165, 1.54) is 11.1 Å². The quantitative estimate of drug-likeness (QED) is 0.858. The second kappa shape index (κ2) is 8.29. The number of nitrogens with one attached hydrogen (secondary N) is 1. The number of aryl methyl sites for hydroxylation is 1. The number of carbonyl (C=O) groups excluding carboxylic acids is 1. The van der Waals surface area contributed by atoms with Gasteiger partial charge in [-0.25, -0.2) is 4.79 Å². The van der Waals surface area contributed by atoms with E-state index in [2.05, 4.69) is 34.3 Å². The van der Waals surface area contributed by atoms with Crippen molar-refractivity contribution >= 4 is 12.1 Å². The van der Waals surface area contributed by atoms with Gasteiger partial charge in [-0.1, -0.05) is 17.7 Å². The third-order valence-electron chi connectivity index (χ3n) is 4.97. The lowest BCUT2D eigenvalue weighted by atomic mass is 10.1. The summed E-state index contributed by atoms with van der Waals surface area (Å²) in [5, 5.41) is 3.47. The van der Waals surface area contributed by atoms with Gasteiger partial charge in [0.25, 0.3) is 0 Å². The molecule has 2 heterocycles. The second-order valence-electron chi connectivity index (χ2n) is 8.43. The van der Waals surface area contributed by atoms with Gasteiger partial charge in [0.05, 0.1) is 19.7 Å². The van der Waals surface area contributed by atoms with Gasteiger partial charge in [-0.15, -0.1) is 0 Å². The fourth-order valence-corrected chi connectivity index (χ4v) is 3.63. The molecular formula is C21H32N4O3. The minimum Gasteiger partial charge on any atom is -0.496 e. The molecular weight excluding hydrogens is 356 g/mol. The van der Waals surface area contributed by atoms with Crippen molar-refractivity contribution in [1.82, 2.24) is 15.1 Å². The lowest BCUT2D eigenvalue weighted by Gasteiger charge is -2.39. The predicted molar refractivity (Wildman–Crippen MR) is 110 cm³/mol. The molecule has 0 bridgehead atoms. The topological polar surface area (TPSA) is 66.4 Å². The molecule has 2 aliphatic heterocycles. The number of methoxy groups -OCH3 is 1. The number of ether oxygens (including phenoxy) is 2. The normalized spacial score (nSPS) is 19.2. The van der Waals surface area contributed by atoms with Gasteiger partial charge in [-0.2, -0.15) is 0 Å². The van der Waals surface area contributed by atoms with E-state index in [1.54, 1.807) is 12.0 Å². The zero-order valence-electron chi connectivity index (χ0n) is 17.6. The molecule has 1 fully saturated rings. The first-order chi connectivity index (χ1) is 13.3. The number of carbonyl (C=O) groups is 1. The number of hydrogen-bond donors (Lipinski definition) is 1. The second-order valence-corrected chi connectivity index (χ2v) is 8.43. The van der Waals surface area contributed by atoms with Crippen molar-refractivity contribution in [2.24, 2.45) is 4.99 Å². The summed E-state index contributed by atoms with van der Waals surface area (Å²) in [6.45, 7) is 11.3. The average molecular weight is 389 g/mol. The number of fused-ring (bicyclic) bond motifs is 1.